The van der Waals surface area contributed by atoms with Gasteiger partial charge in [-0.1, -0.05) is 35.9 Å². The van der Waals surface area contributed by atoms with E-state index in [1.807, 2.05) is 52.3 Å². The Balaban J connectivity index is 1.32. The third-order valence-corrected chi connectivity index (χ3v) is 5.99. The van der Waals surface area contributed by atoms with Gasteiger partial charge in [0.1, 0.15) is 12.1 Å². The van der Waals surface area contributed by atoms with Gasteiger partial charge in [-0.25, -0.2) is 4.98 Å². The van der Waals surface area contributed by atoms with Crippen LogP contribution in [-0.4, -0.2) is 72.3 Å². The summed E-state index contributed by atoms with van der Waals surface area (Å²) >= 11 is 5.97. The Kier molecular flexibility index (Phi) is 6.45. The predicted molar refractivity (Wildman–Crippen MR) is 119 cm³/mol. The number of amides is 1. The molecule has 30 heavy (non-hydrogen) atoms. The van der Waals surface area contributed by atoms with E-state index in [1.165, 1.54) is 5.57 Å². The molecule has 0 radical (unpaired) electrons. The van der Waals surface area contributed by atoms with Crippen LogP contribution in [-0.2, 0) is 9.59 Å². The van der Waals surface area contributed by atoms with Crippen molar-refractivity contribution in [2.45, 2.75) is 12.5 Å². The number of aromatic nitrogens is 1. The van der Waals surface area contributed by atoms with Crippen molar-refractivity contribution in [3.63, 3.8) is 0 Å². The molecule has 1 atom stereocenters. The van der Waals surface area contributed by atoms with E-state index in [2.05, 4.69) is 16.0 Å². The molecular weight excluding hydrogens is 400 g/mol. The molecule has 4 rings (SSSR count). The molecular formula is C23H25ClN4O2. The summed E-state index contributed by atoms with van der Waals surface area (Å²) in [5, 5.41) is 0.726. The van der Waals surface area contributed by atoms with E-state index in [1.54, 1.807) is 6.20 Å². The molecule has 2 aromatic rings. The van der Waals surface area contributed by atoms with Gasteiger partial charge in [-0.05, 0) is 41.8 Å². The normalized spacial score (nSPS) is 20.0. The van der Waals surface area contributed by atoms with Crippen molar-refractivity contribution in [1.82, 2.24) is 14.8 Å². The van der Waals surface area contributed by atoms with Crippen LogP contribution in [0.3, 0.4) is 0 Å². The summed E-state index contributed by atoms with van der Waals surface area (Å²) in [6, 6.07) is 13.2. The van der Waals surface area contributed by atoms with Crippen molar-refractivity contribution in [1.29, 1.82) is 0 Å². The highest BCUT2D eigenvalue weighted by Gasteiger charge is 2.29. The lowest BCUT2D eigenvalue weighted by molar-refractivity contribution is -0.132. The van der Waals surface area contributed by atoms with Crippen molar-refractivity contribution in [2.24, 2.45) is 0 Å². The van der Waals surface area contributed by atoms with Gasteiger partial charge in [-0.2, -0.15) is 0 Å². The topological polar surface area (TPSA) is 56.8 Å². The summed E-state index contributed by atoms with van der Waals surface area (Å²) in [6.07, 6.45) is 5.64. The third-order valence-electron chi connectivity index (χ3n) is 5.74. The SMILES string of the molecule is O=CC1CN(CC(=O)N2CC=C(c3ccc(Cl)cc3)CC2)CCN1c1ccccn1. The molecule has 2 aliphatic heterocycles. The number of piperazine rings is 1. The zero-order valence-electron chi connectivity index (χ0n) is 16.8. The first-order valence-corrected chi connectivity index (χ1v) is 10.6. The number of anilines is 1. The van der Waals surface area contributed by atoms with Gasteiger partial charge in [-0.15, -0.1) is 0 Å². The quantitative estimate of drug-likeness (QED) is 0.691. The van der Waals surface area contributed by atoms with E-state index in [0.717, 1.165) is 35.7 Å². The highest BCUT2D eigenvalue weighted by molar-refractivity contribution is 6.30. The number of pyridine rings is 1. The molecule has 0 aliphatic carbocycles. The first-order valence-electron chi connectivity index (χ1n) is 10.2. The fraction of sp³-hybridized carbons (Fsp3) is 0.348. The molecule has 1 aromatic carbocycles. The lowest BCUT2D eigenvalue weighted by Crippen LogP contribution is -2.56. The van der Waals surface area contributed by atoms with Crippen LogP contribution >= 0.6 is 11.6 Å². The number of hydrogen-bond donors (Lipinski definition) is 0. The molecule has 2 aliphatic rings. The Morgan fingerprint density at radius 1 is 1.13 bits per heavy atom. The van der Waals surface area contributed by atoms with Gasteiger partial charge in [0.15, 0.2) is 0 Å². The first kappa shape index (κ1) is 20.6. The van der Waals surface area contributed by atoms with Gasteiger partial charge in [-0.3, -0.25) is 9.69 Å². The molecule has 6 nitrogen and oxygen atoms in total. The summed E-state index contributed by atoms with van der Waals surface area (Å²) in [7, 11) is 0. The van der Waals surface area contributed by atoms with E-state index in [4.69, 9.17) is 11.6 Å². The molecule has 0 saturated carbocycles. The lowest BCUT2D eigenvalue weighted by atomic mass is 9.99. The predicted octanol–water partition coefficient (Wildman–Crippen LogP) is 2.74. The Morgan fingerprint density at radius 2 is 1.97 bits per heavy atom. The average molecular weight is 425 g/mol. The zero-order valence-corrected chi connectivity index (χ0v) is 17.5. The van der Waals surface area contributed by atoms with Gasteiger partial charge < -0.3 is 14.6 Å². The minimum Gasteiger partial charge on any atom is -0.344 e. The second-order valence-corrected chi connectivity index (χ2v) is 8.08. The molecule has 1 saturated heterocycles. The van der Waals surface area contributed by atoms with E-state index in [9.17, 15) is 9.59 Å². The fourth-order valence-corrected chi connectivity index (χ4v) is 4.18. The zero-order chi connectivity index (χ0) is 20.9. The van der Waals surface area contributed by atoms with Gasteiger partial charge in [0.05, 0.1) is 12.6 Å². The number of aldehydes is 1. The number of nitrogens with zero attached hydrogens (tertiary/aromatic N) is 4. The monoisotopic (exact) mass is 424 g/mol. The summed E-state index contributed by atoms with van der Waals surface area (Å²) in [5.74, 6) is 0.911. The summed E-state index contributed by atoms with van der Waals surface area (Å²) in [6.45, 7) is 3.59. The summed E-state index contributed by atoms with van der Waals surface area (Å²) in [4.78, 5) is 34.8. The standard InChI is InChI=1S/C23H25ClN4O2/c24-20-6-4-18(5-7-20)19-8-11-27(12-9-19)23(30)16-26-13-14-28(21(15-26)17-29)22-3-1-2-10-25-22/h1-8,10,17,21H,9,11-16H2. The van der Waals surface area contributed by atoms with Crippen molar-refractivity contribution in [2.75, 3.05) is 44.2 Å². The number of carbonyl (C=O) groups is 2. The van der Waals surface area contributed by atoms with Gasteiger partial charge in [0.25, 0.3) is 0 Å². The van der Waals surface area contributed by atoms with Crippen LogP contribution in [0.15, 0.2) is 54.7 Å². The number of hydrogen-bond acceptors (Lipinski definition) is 5. The molecule has 1 amide bonds. The molecule has 0 N–H and O–H groups in total. The minimum absolute atomic E-state index is 0.109. The van der Waals surface area contributed by atoms with E-state index < -0.39 is 0 Å². The van der Waals surface area contributed by atoms with Crippen LogP contribution in [0.5, 0.6) is 0 Å². The minimum atomic E-state index is -0.292. The number of carbonyl (C=O) groups excluding carboxylic acids is 2. The molecule has 7 heteroatoms. The molecule has 3 heterocycles. The van der Waals surface area contributed by atoms with Crippen LogP contribution in [0.4, 0.5) is 5.82 Å². The van der Waals surface area contributed by atoms with Gasteiger partial charge in [0, 0.05) is 43.9 Å². The van der Waals surface area contributed by atoms with Crippen molar-refractivity contribution >= 4 is 35.2 Å². The third kappa shape index (κ3) is 4.71. The summed E-state index contributed by atoms with van der Waals surface area (Å²) < 4.78 is 0. The molecule has 1 fully saturated rings. The second kappa shape index (κ2) is 9.41. The molecule has 0 bridgehead atoms. The van der Waals surface area contributed by atoms with E-state index in [0.29, 0.717) is 32.7 Å². The Labute approximate surface area is 181 Å². The van der Waals surface area contributed by atoms with Crippen molar-refractivity contribution in [3.8, 4) is 0 Å². The second-order valence-electron chi connectivity index (χ2n) is 7.65. The largest absolute Gasteiger partial charge is 0.344 e. The Morgan fingerprint density at radius 3 is 2.63 bits per heavy atom. The number of halogens is 1. The van der Waals surface area contributed by atoms with Crippen LogP contribution in [0, 0.1) is 0 Å². The van der Waals surface area contributed by atoms with Crippen LogP contribution < -0.4 is 4.90 Å². The number of rotatable bonds is 5. The van der Waals surface area contributed by atoms with Crippen molar-refractivity contribution in [3.05, 3.63) is 65.3 Å². The highest BCUT2D eigenvalue weighted by atomic mass is 35.5. The molecule has 1 unspecified atom stereocenters. The molecule has 1 aromatic heterocycles. The summed E-state index contributed by atoms with van der Waals surface area (Å²) in [5.41, 5.74) is 2.41. The highest BCUT2D eigenvalue weighted by Crippen LogP contribution is 2.24. The first-order chi connectivity index (χ1) is 14.6. The van der Waals surface area contributed by atoms with Crippen LogP contribution in [0.25, 0.3) is 5.57 Å². The Hall–Kier alpha value is -2.70. The fourth-order valence-electron chi connectivity index (χ4n) is 4.05. The molecule has 0 spiro atoms. The maximum Gasteiger partial charge on any atom is 0.237 e. The van der Waals surface area contributed by atoms with Gasteiger partial charge >= 0.3 is 0 Å². The van der Waals surface area contributed by atoms with E-state index in [-0.39, 0.29) is 11.9 Å². The smallest absolute Gasteiger partial charge is 0.237 e. The maximum absolute atomic E-state index is 12.8. The Bertz CT molecular complexity index is 917. The van der Waals surface area contributed by atoms with Crippen LogP contribution in [0.1, 0.15) is 12.0 Å². The average Bonchev–Trinajstić information content (AvgIpc) is 2.80. The van der Waals surface area contributed by atoms with Crippen molar-refractivity contribution < 1.29 is 9.59 Å². The van der Waals surface area contributed by atoms with Gasteiger partial charge in [0.2, 0.25) is 5.91 Å². The molecule has 156 valence electrons. The number of benzene rings is 1. The lowest BCUT2D eigenvalue weighted by Gasteiger charge is -2.40. The maximum atomic E-state index is 12.8. The van der Waals surface area contributed by atoms with Crippen LogP contribution in [0.2, 0.25) is 5.02 Å². The van der Waals surface area contributed by atoms with E-state index >= 15 is 0 Å².